The van der Waals surface area contributed by atoms with E-state index < -0.39 is 15.9 Å². The number of benzene rings is 3. The van der Waals surface area contributed by atoms with E-state index in [0.29, 0.717) is 28.5 Å². The average Bonchev–Trinajstić information content (AvgIpc) is 2.83. The summed E-state index contributed by atoms with van der Waals surface area (Å²) < 4.78 is 36.3. The maximum absolute atomic E-state index is 12.6. The van der Waals surface area contributed by atoms with Crippen molar-refractivity contribution in [2.24, 2.45) is 16.8 Å². The third kappa shape index (κ3) is 7.07. The molecule has 0 aliphatic carbocycles. The van der Waals surface area contributed by atoms with Gasteiger partial charge in [-0.05, 0) is 65.9 Å². The van der Waals surface area contributed by atoms with Gasteiger partial charge in [0, 0.05) is 5.56 Å². The lowest BCUT2D eigenvalue weighted by molar-refractivity contribution is 0.0996. The first-order valence-electron chi connectivity index (χ1n) is 11.0. The molecule has 3 aromatic carbocycles. The van der Waals surface area contributed by atoms with Gasteiger partial charge in [-0.25, -0.2) is 4.83 Å². The number of amides is 1. The Morgan fingerprint density at radius 1 is 1.06 bits per heavy atom. The monoisotopic (exact) mass is 495 g/mol. The van der Waals surface area contributed by atoms with Crippen LogP contribution in [0.4, 0.5) is 0 Å². The summed E-state index contributed by atoms with van der Waals surface area (Å²) in [5.74, 6) is 0.822. The molecule has 0 fully saturated rings. The molecule has 35 heavy (non-hydrogen) atoms. The van der Waals surface area contributed by atoms with E-state index in [1.807, 2.05) is 12.1 Å². The van der Waals surface area contributed by atoms with Crippen molar-refractivity contribution in [1.82, 2.24) is 4.83 Å². The second kappa shape index (κ2) is 11.5. The zero-order valence-electron chi connectivity index (χ0n) is 19.9. The maximum Gasteiger partial charge on any atom is 0.276 e. The van der Waals surface area contributed by atoms with Gasteiger partial charge in [0.2, 0.25) is 0 Å². The number of methoxy groups -OCH3 is 1. The average molecular weight is 496 g/mol. The molecule has 3 rings (SSSR count). The molecule has 8 nitrogen and oxygen atoms in total. The van der Waals surface area contributed by atoms with Gasteiger partial charge in [-0.3, -0.25) is 4.79 Å². The minimum atomic E-state index is -3.80. The van der Waals surface area contributed by atoms with Crippen LogP contribution in [0.15, 0.2) is 76.7 Å². The van der Waals surface area contributed by atoms with Gasteiger partial charge in [0.15, 0.2) is 0 Å². The molecule has 0 aliphatic heterocycles. The van der Waals surface area contributed by atoms with E-state index in [9.17, 15) is 13.2 Å². The van der Waals surface area contributed by atoms with Gasteiger partial charge < -0.3 is 15.2 Å². The Morgan fingerprint density at radius 2 is 1.77 bits per heavy atom. The normalized spacial score (nSPS) is 11.5. The van der Waals surface area contributed by atoms with Gasteiger partial charge in [0.05, 0.1) is 23.8 Å². The Labute approximate surface area is 205 Å². The molecule has 1 amide bonds. The van der Waals surface area contributed by atoms with Crippen molar-refractivity contribution < 1.29 is 22.7 Å². The summed E-state index contributed by atoms with van der Waals surface area (Å²) in [4.78, 5) is 14.0. The van der Waals surface area contributed by atoms with Crippen LogP contribution in [0, 0.1) is 5.92 Å². The second-order valence-electron chi connectivity index (χ2n) is 8.32. The highest BCUT2D eigenvalue weighted by Crippen LogP contribution is 2.24. The number of nitrogens with zero attached hydrogens (tertiary/aromatic N) is 1. The van der Waals surface area contributed by atoms with Crippen molar-refractivity contribution in [2.45, 2.75) is 31.8 Å². The SMILES string of the molecule is COc1ccc(/C=N\NS(=O)(=O)c2ccc(CC(C)C)cc2)cc1COc1ccccc1C(N)=O. The van der Waals surface area contributed by atoms with E-state index in [1.165, 1.54) is 13.3 Å². The van der Waals surface area contributed by atoms with E-state index in [2.05, 4.69) is 23.8 Å². The molecule has 0 bridgehead atoms. The fourth-order valence-electron chi connectivity index (χ4n) is 3.44. The standard InChI is InChI=1S/C26H29N3O5S/c1-18(2)14-19-8-11-22(12-9-19)35(31,32)29-28-16-20-10-13-24(33-3)21(15-20)17-34-25-7-5-4-6-23(25)26(27)30/h4-13,15-16,18,29H,14,17H2,1-3H3,(H2,27,30)/b28-16-. The molecule has 3 N–H and O–H groups in total. The molecule has 0 saturated carbocycles. The zero-order valence-corrected chi connectivity index (χ0v) is 20.7. The molecular weight excluding hydrogens is 466 g/mol. The number of sulfonamides is 1. The van der Waals surface area contributed by atoms with Gasteiger partial charge in [-0.2, -0.15) is 13.5 Å². The van der Waals surface area contributed by atoms with Crippen LogP contribution in [0.25, 0.3) is 0 Å². The fourth-order valence-corrected chi connectivity index (χ4v) is 4.23. The molecule has 184 valence electrons. The smallest absolute Gasteiger partial charge is 0.276 e. The number of nitrogens with two attached hydrogens (primary N) is 1. The number of carbonyl (C=O) groups excluding carboxylic acids is 1. The van der Waals surface area contributed by atoms with Crippen LogP contribution >= 0.6 is 0 Å². The van der Waals surface area contributed by atoms with E-state index in [1.54, 1.807) is 54.6 Å². The van der Waals surface area contributed by atoms with Crippen LogP contribution in [-0.4, -0.2) is 27.6 Å². The van der Waals surface area contributed by atoms with Crippen LogP contribution in [0.5, 0.6) is 11.5 Å². The Morgan fingerprint density at radius 3 is 2.43 bits per heavy atom. The predicted molar refractivity (Wildman–Crippen MR) is 135 cm³/mol. The molecule has 0 saturated heterocycles. The Bertz CT molecular complexity index is 1300. The van der Waals surface area contributed by atoms with Gasteiger partial charge in [0.25, 0.3) is 15.9 Å². The summed E-state index contributed by atoms with van der Waals surface area (Å²) in [7, 11) is -2.27. The molecule has 3 aromatic rings. The zero-order chi connectivity index (χ0) is 25.4. The molecule has 0 aromatic heterocycles. The molecule has 0 atom stereocenters. The number of carbonyl (C=O) groups is 1. The van der Waals surface area contributed by atoms with Gasteiger partial charge in [-0.15, -0.1) is 0 Å². The summed E-state index contributed by atoms with van der Waals surface area (Å²) in [5, 5.41) is 3.91. The van der Waals surface area contributed by atoms with Gasteiger partial charge in [-0.1, -0.05) is 38.1 Å². The number of para-hydroxylation sites is 1. The third-order valence-corrected chi connectivity index (χ3v) is 6.34. The molecule has 0 spiro atoms. The van der Waals surface area contributed by atoms with Crippen LogP contribution in [-0.2, 0) is 23.1 Å². The van der Waals surface area contributed by atoms with Crippen molar-refractivity contribution in [3.05, 3.63) is 89.0 Å². The lowest BCUT2D eigenvalue weighted by atomic mass is 10.0. The van der Waals surface area contributed by atoms with Crippen LogP contribution in [0.3, 0.4) is 0 Å². The summed E-state index contributed by atoms with van der Waals surface area (Å²) in [6, 6.07) is 18.7. The molecule has 0 aliphatic rings. The van der Waals surface area contributed by atoms with Crippen molar-refractivity contribution in [3.63, 3.8) is 0 Å². The first kappa shape index (κ1) is 25.8. The van der Waals surface area contributed by atoms with E-state index >= 15 is 0 Å². The molecule has 0 unspecified atom stereocenters. The Hall–Kier alpha value is -3.85. The number of hydrogen-bond acceptors (Lipinski definition) is 6. The predicted octanol–water partition coefficient (Wildman–Crippen LogP) is 3.88. The maximum atomic E-state index is 12.6. The van der Waals surface area contributed by atoms with Crippen molar-refractivity contribution in [1.29, 1.82) is 0 Å². The van der Waals surface area contributed by atoms with Crippen LogP contribution < -0.4 is 20.0 Å². The third-order valence-electron chi connectivity index (χ3n) is 5.10. The summed E-state index contributed by atoms with van der Waals surface area (Å²) in [5.41, 5.74) is 8.06. The summed E-state index contributed by atoms with van der Waals surface area (Å²) >= 11 is 0. The quantitative estimate of drug-likeness (QED) is 0.309. The Kier molecular flexibility index (Phi) is 8.48. The topological polar surface area (TPSA) is 120 Å². The number of hydrazone groups is 1. The highest BCUT2D eigenvalue weighted by Gasteiger charge is 2.13. The first-order chi connectivity index (χ1) is 16.7. The minimum Gasteiger partial charge on any atom is -0.496 e. The molecular formula is C26H29N3O5S. The van der Waals surface area contributed by atoms with Gasteiger partial charge in [0.1, 0.15) is 18.1 Å². The number of hydrogen-bond donors (Lipinski definition) is 2. The van der Waals surface area contributed by atoms with E-state index in [-0.39, 0.29) is 17.1 Å². The second-order valence-corrected chi connectivity index (χ2v) is 9.98. The number of ether oxygens (including phenoxy) is 2. The first-order valence-corrected chi connectivity index (χ1v) is 12.5. The minimum absolute atomic E-state index is 0.101. The fraction of sp³-hybridized carbons (Fsp3) is 0.231. The number of rotatable bonds is 11. The van der Waals surface area contributed by atoms with Crippen molar-refractivity contribution >= 4 is 22.1 Å². The molecule has 0 radical (unpaired) electrons. The summed E-state index contributed by atoms with van der Waals surface area (Å²) in [6.45, 7) is 4.32. The van der Waals surface area contributed by atoms with Gasteiger partial charge >= 0.3 is 0 Å². The Balaban J connectivity index is 1.71. The number of primary amides is 1. The molecule has 9 heteroatoms. The molecule has 0 heterocycles. The van der Waals surface area contributed by atoms with Crippen molar-refractivity contribution in [2.75, 3.05) is 7.11 Å². The van der Waals surface area contributed by atoms with E-state index in [4.69, 9.17) is 15.2 Å². The summed E-state index contributed by atoms with van der Waals surface area (Å²) in [6.07, 6.45) is 2.27. The van der Waals surface area contributed by atoms with Crippen LogP contribution in [0.2, 0.25) is 0 Å². The van der Waals surface area contributed by atoms with E-state index in [0.717, 1.165) is 12.0 Å². The van der Waals surface area contributed by atoms with Crippen LogP contribution in [0.1, 0.15) is 40.9 Å². The lowest BCUT2D eigenvalue weighted by Crippen LogP contribution is -2.18. The lowest BCUT2D eigenvalue weighted by Gasteiger charge is -2.13. The highest BCUT2D eigenvalue weighted by atomic mass is 32.2. The largest absolute Gasteiger partial charge is 0.496 e. The highest BCUT2D eigenvalue weighted by molar-refractivity contribution is 7.89. The van der Waals surface area contributed by atoms with Crippen molar-refractivity contribution in [3.8, 4) is 11.5 Å². The number of nitrogens with one attached hydrogen (secondary N) is 1.